The summed E-state index contributed by atoms with van der Waals surface area (Å²) in [5, 5.41) is 3.12. The number of nitrogens with two attached hydrogens (primary N) is 1. The van der Waals surface area contributed by atoms with Crippen molar-refractivity contribution in [1.29, 1.82) is 0 Å². The average Bonchev–Trinajstić information content (AvgIpc) is 2.53. The van der Waals surface area contributed by atoms with Gasteiger partial charge >= 0.3 is 0 Å². The summed E-state index contributed by atoms with van der Waals surface area (Å²) in [6.45, 7) is 5.74. The second kappa shape index (κ2) is 8.66. The van der Waals surface area contributed by atoms with Gasteiger partial charge in [0, 0.05) is 6.54 Å². The molecule has 0 radical (unpaired) electrons. The lowest BCUT2D eigenvalue weighted by Gasteiger charge is -2.23. The van der Waals surface area contributed by atoms with E-state index < -0.39 is 0 Å². The molecule has 1 aliphatic carbocycles. The van der Waals surface area contributed by atoms with E-state index in [0.29, 0.717) is 24.5 Å². The lowest BCUT2D eigenvalue weighted by molar-refractivity contribution is 0.155. The lowest BCUT2D eigenvalue weighted by Crippen LogP contribution is -2.34. The number of ether oxygens (including phenoxy) is 1. The summed E-state index contributed by atoms with van der Waals surface area (Å²) < 4.78 is 6.03. The van der Waals surface area contributed by atoms with Gasteiger partial charge in [-0.25, -0.2) is 4.99 Å². The molecule has 0 atom stereocenters. The molecule has 0 aromatic heterocycles. The van der Waals surface area contributed by atoms with Gasteiger partial charge in [0.2, 0.25) is 0 Å². The Kier molecular flexibility index (Phi) is 6.56. The number of rotatable bonds is 6. The van der Waals surface area contributed by atoms with Crippen LogP contribution in [-0.4, -0.2) is 18.6 Å². The second-order valence-corrected chi connectivity index (χ2v) is 6.50. The monoisotopic (exact) mass is 303 g/mol. The molecule has 2 rings (SSSR count). The number of benzene rings is 1. The minimum Gasteiger partial charge on any atom is -0.490 e. The van der Waals surface area contributed by atoms with E-state index in [1.807, 2.05) is 12.1 Å². The summed E-state index contributed by atoms with van der Waals surface area (Å²) in [6.07, 6.45) is 6.70. The molecule has 22 heavy (non-hydrogen) atoms. The van der Waals surface area contributed by atoms with Crippen molar-refractivity contribution in [3.8, 4) is 5.75 Å². The molecule has 1 saturated carbocycles. The Bertz CT molecular complexity index is 462. The minimum atomic E-state index is 0.397. The molecule has 4 heteroatoms. The third-order valence-electron chi connectivity index (χ3n) is 3.90. The summed E-state index contributed by atoms with van der Waals surface area (Å²) in [5.74, 6) is 2.03. The van der Waals surface area contributed by atoms with Crippen LogP contribution in [-0.2, 0) is 6.54 Å². The topological polar surface area (TPSA) is 59.6 Å². The Morgan fingerprint density at radius 1 is 1.23 bits per heavy atom. The summed E-state index contributed by atoms with van der Waals surface area (Å²) in [7, 11) is 0. The third-order valence-corrected chi connectivity index (χ3v) is 3.90. The molecule has 1 aliphatic rings. The van der Waals surface area contributed by atoms with Gasteiger partial charge in [0.25, 0.3) is 0 Å². The molecule has 122 valence electrons. The normalized spacial score (nSPS) is 16.8. The van der Waals surface area contributed by atoms with Crippen molar-refractivity contribution < 1.29 is 4.74 Å². The molecular weight excluding hydrogens is 274 g/mol. The Morgan fingerprint density at radius 3 is 2.55 bits per heavy atom. The average molecular weight is 303 g/mol. The first-order valence-electron chi connectivity index (χ1n) is 8.43. The molecule has 0 unspecified atom stereocenters. The zero-order chi connectivity index (χ0) is 15.8. The quantitative estimate of drug-likeness (QED) is 0.625. The van der Waals surface area contributed by atoms with E-state index in [0.717, 1.165) is 17.9 Å². The van der Waals surface area contributed by atoms with Crippen LogP contribution >= 0.6 is 0 Å². The van der Waals surface area contributed by atoms with Crippen LogP contribution in [0.3, 0.4) is 0 Å². The number of aliphatic imine (C=N–C) groups is 1. The minimum absolute atomic E-state index is 0.397. The van der Waals surface area contributed by atoms with Gasteiger partial charge in [0.1, 0.15) is 5.75 Å². The van der Waals surface area contributed by atoms with Crippen molar-refractivity contribution in [1.82, 2.24) is 5.32 Å². The molecule has 1 fully saturated rings. The fraction of sp³-hybridized carbons (Fsp3) is 0.611. The smallest absolute Gasteiger partial charge is 0.188 e. The van der Waals surface area contributed by atoms with Crippen molar-refractivity contribution in [3.63, 3.8) is 0 Å². The molecule has 4 nitrogen and oxygen atoms in total. The van der Waals surface area contributed by atoms with Crippen LogP contribution < -0.4 is 15.8 Å². The van der Waals surface area contributed by atoms with Crippen LogP contribution in [0.1, 0.15) is 51.5 Å². The van der Waals surface area contributed by atoms with Crippen LogP contribution in [0.2, 0.25) is 0 Å². The number of hydrogen-bond acceptors (Lipinski definition) is 2. The summed E-state index contributed by atoms with van der Waals surface area (Å²) >= 11 is 0. The van der Waals surface area contributed by atoms with Gasteiger partial charge in [-0.1, -0.05) is 32.4 Å². The lowest BCUT2D eigenvalue weighted by atomic mass is 9.98. The highest BCUT2D eigenvalue weighted by atomic mass is 16.5. The first kappa shape index (κ1) is 16.7. The molecule has 1 aromatic rings. The predicted octanol–water partition coefficient (Wildman–Crippen LogP) is 3.46. The van der Waals surface area contributed by atoms with Crippen molar-refractivity contribution in [2.75, 3.05) is 6.54 Å². The number of nitrogens with one attached hydrogen (secondary N) is 1. The predicted molar refractivity (Wildman–Crippen MR) is 92.1 cm³/mol. The molecule has 1 aromatic carbocycles. The van der Waals surface area contributed by atoms with Gasteiger partial charge in [0.05, 0.1) is 12.6 Å². The molecular formula is C18H29N3O. The Morgan fingerprint density at radius 2 is 1.91 bits per heavy atom. The van der Waals surface area contributed by atoms with Gasteiger partial charge in [0.15, 0.2) is 5.96 Å². The molecule has 0 spiro atoms. The van der Waals surface area contributed by atoms with Gasteiger partial charge in [-0.15, -0.1) is 0 Å². The SMILES string of the molecule is CC(C)CNC(N)=NCc1ccc(OC2CCCCC2)cc1. The van der Waals surface area contributed by atoms with Crippen LogP contribution in [0.4, 0.5) is 0 Å². The first-order valence-corrected chi connectivity index (χ1v) is 8.43. The Balaban J connectivity index is 1.79. The Hall–Kier alpha value is -1.71. The highest BCUT2D eigenvalue weighted by Crippen LogP contribution is 2.23. The van der Waals surface area contributed by atoms with Crippen molar-refractivity contribution >= 4 is 5.96 Å². The number of nitrogens with zero attached hydrogens (tertiary/aromatic N) is 1. The van der Waals surface area contributed by atoms with Gasteiger partial charge < -0.3 is 15.8 Å². The molecule has 0 bridgehead atoms. The molecule has 0 saturated heterocycles. The molecule has 0 aliphatic heterocycles. The highest BCUT2D eigenvalue weighted by Gasteiger charge is 2.14. The van der Waals surface area contributed by atoms with Crippen LogP contribution in [0.5, 0.6) is 5.75 Å². The molecule has 3 N–H and O–H groups in total. The van der Waals surface area contributed by atoms with E-state index in [-0.39, 0.29) is 0 Å². The van der Waals surface area contributed by atoms with Gasteiger partial charge in [-0.3, -0.25) is 0 Å². The fourth-order valence-corrected chi connectivity index (χ4v) is 2.59. The summed E-state index contributed by atoms with van der Waals surface area (Å²) in [4.78, 5) is 4.35. The molecule has 0 amide bonds. The largest absolute Gasteiger partial charge is 0.490 e. The zero-order valence-corrected chi connectivity index (χ0v) is 13.8. The van der Waals surface area contributed by atoms with E-state index in [1.54, 1.807) is 0 Å². The fourth-order valence-electron chi connectivity index (χ4n) is 2.59. The van der Waals surface area contributed by atoms with Gasteiger partial charge in [-0.2, -0.15) is 0 Å². The zero-order valence-electron chi connectivity index (χ0n) is 13.8. The number of guanidine groups is 1. The standard InChI is InChI=1S/C18H29N3O/c1-14(2)12-20-18(19)21-13-15-8-10-17(11-9-15)22-16-6-4-3-5-7-16/h8-11,14,16H,3-7,12-13H2,1-2H3,(H3,19,20,21). The Labute approximate surface area is 134 Å². The molecule has 0 heterocycles. The van der Waals surface area contributed by atoms with Crippen molar-refractivity contribution in [2.45, 2.75) is 58.6 Å². The maximum absolute atomic E-state index is 6.03. The second-order valence-electron chi connectivity index (χ2n) is 6.50. The van der Waals surface area contributed by atoms with E-state index in [1.165, 1.54) is 32.1 Å². The third kappa shape index (κ3) is 5.96. The van der Waals surface area contributed by atoms with Crippen LogP contribution in [0.15, 0.2) is 29.3 Å². The van der Waals surface area contributed by atoms with E-state index >= 15 is 0 Å². The summed E-state index contributed by atoms with van der Waals surface area (Å²) in [6, 6.07) is 8.21. The first-order chi connectivity index (χ1) is 10.6. The highest BCUT2D eigenvalue weighted by molar-refractivity contribution is 5.77. The van der Waals surface area contributed by atoms with Crippen LogP contribution in [0.25, 0.3) is 0 Å². The maximum atomic E-state index is 6.03. The van der Waals surface area contributed by atoms with E-state index in [4.69, 9.17) is 10.5 Å². The van der Waals surface area contributed by atoms with Crippen molar-refractivity contribution in [2.24, 2.45) is 16.6 Å². The van der Waals surface area contributed by atoms with E-state index in [9.17, 15) is 0 Å². The van der Waals surface area contributed by atoms with Gasteiger partial charge in [-0.05, 0) is 49.3 Å². The number of hydrogen-bond donors (Lipinski definition) is 2. The van der Waals surface area contributed by atoms with E-state index in [2.05, 4.69) is 36.3 Å². The van der Waals surface area contributed by atoms with Crippen molar-refractivity contribution in [3.05, 3.63) is 29.8 Å². The maximum Gasteiger partial charge on any atom is 0.188 e. The van der Waals surface area contributed by atoms with Crippen LogP contribution in [0, 0.1) is 5.92 Å². The summed E-state index contributed by atoms with van der Waals surface area (Å²) in [5.41, 5.74) is 6.98.